The third-order valence-corrected chi connectivity index (χ3v) is 4.37. The van der Waals surface area contributed by atoms with Crippen molar-refractivity contribution >= 4 is 5.91 Å². The van der Waals surface area contributed by atoms with Crippen molar-refractivity contribution in [3.8, 4) is 11.3 Å². The third-order valence-electron chi connectivity index (χ3n) is 4.37. The smallest absolute Gasteiger partial charge is 0.267 e. The van der Waals surface area contributed by atoms with E-state index in [0.717, 1.165) is 11.1 Å². The Balaban J connectivity index is 1.73. The van der Waals surface area contributed by atoms with Crippen LogP contribution in [-0.4, -0.2) is 33.9 Å². The zero-order chi connectivity index (χ0) is 18.7. The predicted octanol–water partition coefficient (Wildman–Crippen LogP) is 2.12. The summed E-state index contributed by atoms with van der Waals surface area (Å²) in [6.07, 6.45) is 1.43. The summed E-state index contributed by atoms with van der Waals surface area (Å²) in [5, 5.41) is 7.07. The first-order valence-corrected chi connectivity index (χ1v) is 8.60. The fraction of sp³-hybridized carbons (Fsp3) is 0.421. The molecule has 1 aromatic carbocycles. The number of hydrogen-bond donors (Lipinski definition) is 1. The predicted molar refractivity (Wildman–Crippen MR) is 95.1 cm³/mol. The summed E-state index contributed by atoms with van der Waals surface area (Å²) >= 11 is 0. The van der Waals surface area contributed by atoms with E-state index in [2.05, 4.69) is 10.4 Å². The van der Waals surface area contributed by atoms with Crippen molar-refractivity contribution in [3.05, 3.63) is 52.6 Å². The summed E-state index contributed by atoms with van der Waals surface area (Å²) in [6, 6.07) is 8.92. The van der Waals surface area contributed by atoms with Crippen LogP contribution < -0.4 is 10.9 Å². The Labute approximate surface area is 151 Å². The van der Waals surface area contributed by atoms with Crippen LogP contribution >= 0.6 is 0 Å². The Morgan fingerprint density at radius 3 is 2.85 bits per heavy atom. The molecule has 0 radical (unpaired) electrons. The lowest BCUT2D eigenvalue weighted by Gasteiger charge is -2.35. The summed E-state index contributed by atoms with van der Waals surface area (Å²) < 4.78 is 20.6. The minimum atomic E-state index is -0.431. The van der Waals surface area contributed by atoms with Crippen LogP contribution in [0.25, 0.3) is 11.3 Å². The summed E-state index contributed by atoms with van der Waals surface area (Å²) in [5.74, 6) is -0.730. The quantitative estimate of drug-likeness (QED) is 0.908. The van der Waals surface area contributed by atoms with Crippen molar-refractivity contribution in [2.45, 2.75) is 44.9 Å². The van der Waals surface area contributed by atoms with Crippen molar-refractivity contribution in [1.29, 1.82) is 0 Å². The molecule has 1 fully saturated rings. The molecule has 2 aromatic rings. The van der Waals surface area contributed by atoms with Gasteiger partial charge in [0.15, 0.2) is 0 Å². The molecule has 0 unspecified atom stereocenters. The van der Waals surface area contributed by atoms with E-state index >= 15 is 0 Å². The molecule has 138 valence electrons. The first kappa shape index (κ1) is 18.3. The third kappa shape index (κ3) is 4.35. The maximum absolute atomic E-state index is 13.9. The van der Waals surface area contributed by atoms with Crippen molar-refractivity contribution in [2.24, 2.45) is 0 Å². The summed E-state index contributed by atoms with van der Waals surface area (Å²) in [5.41, 5.74) is -0.0983. The molecule has 2 heterocycles. The van der Waals surface area contributed by atoms with Crippen LogP contribution in [0.3, 0.4) is 0 Å². The fourth-order valence-corrected chi connectivity index (χ4v) is 3.14. The maximum atomic E-state index is 13.9. The number of rotatable bonds is 4. The number of nitrogens with zero attached hydrogens (tertiary/aromatic N) is 2. The fourth-order valence-electron chi connectivity index (χ4n) is 3.14. The molecule has 6 nitrogen and oxygen atoms in total. The van der Waals surface area contributed by atoms with E-state index in [1.54, 1.807) is 18.2 Å². The Morgan fingerprint density at radius 2 is 2.12 bits per heavy atom. The standard InChI is InChI=1S/C19H22FN3O3/c1-19(2)11-13(9-10-26-19)21-17(24)12-23-18(25)8-7-16(22-23)14-5-3-4-6-15(14)20/h3-8,13H,9-12H2,1-2H3,(H,21,24)/t13-/m0/s1. The minimum absolute atomic E-state index is 0.00305. The number of ether oxygens (including phenoxy) is 1. The normalized spacial score (nSPS) is 19.1. The minimum Gasteiger partial charge on any atom is -0.375 e. The Morgan fingerprint density at radius 1 is 1.35 bits per heavy atom. The molecule has 1 saturated heterocycles. The van der Waals surface area contributed by atoms with E-state index in [0.29, 0.717) is 18.7 Å². The second kappa shape index (κ2) is 7.37. The Bertz CT molecular complexity index is 863. The molecular formula is C19H22FN3O3. The van der Waals surface area contributed by atoms with Crippen LogP contribution in [0.15, 0.2) is 41.2 Å². The number of hydrogen-bond acceptors (Lipinski definition) is 4. The molecular weight excluding hydrogens is 337 g/mol. The average Bonchev–Trinajstić information content (AvgIpc) is 2.56. The highest BCUT2D eigenvalue weighted by Crippen LogP contribution is 2.24. The second-order valence-electron chi connectivity index (χ2n) is 7.06. The van der Waals surface area contributed by atoms with Crippen LogP contribution in [0, 0.1) is 5.82 Å². The van der Waals surface area contributed by atoms with Gasteiger partial charge in [0.1, 0.15) is 12.4 Å². The van der Waals surface area contributed by atoms with Gasteiger partial charge in [0.05, 0.1) is 11.3 Å². The van der Waals surface area contributed by atoms with Crippen LogP contribution in [0.2, 0.25) is 0 Å². The van der Waals surface area contributed by atoms with Crippen LogP contribution in [-0.2, 0) is 16.1 Å². The molecule has 1 amide bonds. The highest BCUT2D eigenvalue weighted by atomic mass is 19.1. The zero-order valence-corrected chi connectivity index (χ0v) is 14.9. The SMILES string of the molecule is CC1(C)C[C@@H](NC(=O)Cn2nc(-c3ccccc3F)ccc2=O)CCO1. The molecule has 0 spiro atoms. The monoisotopic (exact) mass is 359 g/mol. The number of carbonyl (C=O) groups excluding carboxylic acids is 1. The van der Waals surface area contributed by atoms with E-state index in [1.165, 1.54) is 18.2 Å². The van der Waals surface area contributed by atoms with Gasteiger partial charge in [-0.05, 0) is 44.9 Å². The van der Waals surface area contributed by atoms with Crippen LogP contribution in [0.5, 0.6) is 0 Å². The molecule has 0 bridgehead atoms. The molecule has 1 aliphatic heterocycles. The van der Waals surface area contributed by atoms with Gasteiger partial charge >= 0.3 is 0 Å². The van der Waals surface area contributed by atoms with Gasteiger partial charge in [-0.25, -0.2) is 9.07 Å². The lowest BCUT2D eigenvalue weighted by atomic mass is 9.94. The molecule has 1 aliphatic rings. The number of benzene rings is 1. The van der Waals surface area contributed by atoms with Crippen molar-refractivity contribution in [2.75, 3.05) is 6.61 Å². The van der Waals surface area contributed by atoms with Crippen molar-refractivity contribution < 1.29 is 13.9 Å². The number of amides is 1. The van der Waals surface area contributed by atoms with Crippen molar-refractivity contribution in [3.63, 3.8) is 0 Å². The van der Waals surface area contributed by atoms with Gasteiger partial charge in [-0.2, -0.15) is 5.10 Å². The van der Waals surface area contributed by atoms with E-state index in [1.807, 2.05) is 13.8 Å². The van der Waals surface area contributed by atoms with E-state index < -0.39 is 11.4 Å². The summed E-state index contributed by atoms with van der Waals surface area (Å²) in [7, 11) is 0. The summed E-state index contributed by atoms with van der Waals surface area (Å²) in [4.78, 5) is 24.4. The number of aromatic nitrogens is 2. The van der Waals surface area contributed by atoms with E-state index in [-0.39, 0.29) is 29.7 Å². The Hall–Kier alpha value is -2.54. The number of halogens is 1. The lowest BCUT2D eigenvalue weighted by molar-refractivity contribution is -0.124. The van der Waals surface area contributed by atoms with Crippen molar-refractivity contribution in [1.82, 2.24) is 15.1 Å². The van der Waals surface area contributed by atoms with Crippen LogP contribution in [0.4, 0.5) is 4.39 Å². The van der Waals surface area contributed by atoms with Gasteiger partial charge < -0.3 is 10.1 Å². The van der Waals surface area contributed by atoms with E-state index in [4.69, 9.17) is 4.74 Å². The van der Waals surface area contributed by atoms with Gasteiger partial charge in [0, 0.05) is 24.3 Å². The average molecular weight is 359 g/mol. The molecule has 0 saturated carbocycles. The number of carbonyl (C=O) groups is 1. The highest BCUT2D eigenvalue weighted by molar-refractivity contribution is 5.76. The highest BCUT2D eigenvalue weighted by Gasteiger charge is 2.29. The molecule has 1 aromatic heterocycles. The van der Waals surface area contributed by atoms with Gasteiger partial charge in [-0.1, -0.05) is 12.1 Å². The maximum Gasteiger partial charge on any atom is 0.267 e. The first-order valence-electron chi connectivity index (χ1n) is 8.60. The van der Waals surface area contributed by atoms with E-state index in [9.17, 15) is 14.0 Å². The topological polar surface area (TPSA) is 73.2 Å². The molecule has 1 atom stereocenters. The van der Waals surface area contributed by atoms with Gasteiger partial charge in [-0.15, -0.1) is 0 Å². The zero-order valence-electron chi connectivity index (χ0n) is 14.9. The van der Waals surface area contributed by atoms with Gasteiger partial charge in [0.2, 0.25) is 5.91 Å². The van der Waals surface area contributed by atoms with Crippen LogP contribution in [0.1, 0.15) is 26.7 Å². The largest absolute Gasteiger partial charge is 0.375 e. The summed E-state index contributed by atoms with van der Waals surface area (Å²) in [6.45, 7) is 4.34. The van der Waals surface area contributed by atoms with Gasteiger partial charge in [0.25, 0.3) is 5.56 Å². The molecule has 3 rings (SSSR count). The molecule has 26 heavy (non-hydrogen) atoms. The Kier molecular flexibility index (Phi) is 5.18. The molecule has 7 heteroatoms. The first-order chi connectivity index (χ1) is 12.3. The number of nitrogens with one attached hydrogen (secondary N) is 1. The molecule has 1 N–H and O–H groups in total. The second-order valence-corrected chi connectivity index (χ2v) is 7.06. The van der Waals surface area contributed by atoms with Gasteiger partial charge in [-0.3, -0.25) is 9.59 Å². The lowest BCUT2D eigenvalue weighted by Crippen LogP contribution is -2.47. The molecule has 0 aliphatic carbocycles.